The standard InChI is InChI=1S/C12H16N4O2/c1-7-4-5-10(17-3)9(6-7)14-12-16-15-11(18-12)8(2)13/h4-6,8H,13H2,1-3H3,(H,14,16). The molecule has 1 aromatic carbocycles. The third-order valence-electron chi connectivity index (χ3n) is 2.43. The molecule has 1 aromatic heterocycles. The summed E-state index contributed by atoms with van der Waals surface area (Å²) in [6.45, 7) is 3.77. The first-order valence-electron chi connectivity index (χ1n) is 5.61. The van der Waals surface area contributed by atoms with E-state index in [2.05, 4.69) is 15.5 Å². The van der Waals surface area contributed by atoms with Crippen LogP contribution in [-0.4, -0.2) is 17.3 Å². The lowest BCUT2D eigenvalue weighted by atomic mass is 10.2. The van der Waals surface area contributed by atoms with Gasteiger partial charge in [-0.05, 0) is 31.5 Å². The maximum absolute atomic E-state index is 5.65. The highest BCUT2D eigenvalue weighted by Crippen LogP contribution is 2.28. The Labute approximate surface area is 105 Å². The molecule has 1 atom stereocenters. The van der Waals surface area contributed by atoms with Gasteiger partial charge in [0.05, 0.1) is 18.8 Å². The van der Waals surface area contributed by atoms with Crippen molar-refractivity contribution in [1.82, 2.24) is 10.2 Å². The van der Waals surface area contributed by atoms with Crippen LogP contribution in [0.3, 0.4) is 0 Å². The van der Waals surface area contributed by atoms with E-state index in [1.165, 1.54) is 0 Å². The number of nitrogens with two attached hydrogens (primary N) is 1. The van der Waals surface area contributed by atoms with E-state index < -0.39 is 0 Å². The summed E-state index contributed by atoms with van der Waals surface area (Å²) in [6.07, 6.45) is 0. The van der Waals surface area contributed by atoms with Gasteiger partial charge in [0.2, 0.25) is 5.89 Å². The number of ether oxygens (including phenoxy) is 1. The lowest BCUT2D eigenvalue weighted by Crippen LogP contribution is -2.04. The van der Waals surface area contributed by atoms with Crippen molar-refractivity contribution in [3.05, 3.63) is 29.7 Å². The molecule has 3 N–H and O–H groups in total. The fourth-order valence-electron chi connectivity index (χ4n) is 1.50. The Morgan fingerprint density at radius 2 is 2.17 bits per heavy atom. The average molecular weight is 248 g/mol. The van der Waals surface area contributed by atoms with Gasteiger partial charge < -0.3 is 20.2 Å². The summed E-state index contributed by atoms with van der Waals surface area (Å²) >= 11 is 0. The Balaban J connectivity index is 2.24. The molecule has 6 heteroatoms. The minimum absolute atomic E-state index is 0.285. The average Bonchev–Trinajstić information content (AvgIpc) is 2.78. The number of benzene rings is 1. The van der Waals surface area contributed by atoms with Crippen LogP contribution in [0.1, 0.15) is 24.4 Å². The molecule has 6 nitrogen and oxygen atoms in total. The number of aryl methyl sites for hydroxylation is 1. The van der Waals surface area contributed by atoms with E-state index in [9.17, 15) is 0 Å². The van der Waals surface area contributed by atoms with Gasteiger partial charge in [-0.3, -0.25) is 0 Å². The summed E-state index contributed by atoms with van der Waals surface area (Å²) in [7, 11) is 1.61. The molecular formula is C12H16N4O2. The summed E-state index contributed by atoms with van der Waals surface area (Å²) in [5.74, 6) is 1.10. The van der Waals surface area contributed by atoms with Crippen molar-refractivity contribution < 1.29 is 9.15 Å². The van der Waals surface area contributed by atoms with E-state index in [4.69, 9.17) is 14.9 Å². The van der Waals surface area contributed by atoms with Gasteiger partial charge in [-0.15, -0.1) is 5.10 Å². The number of anilines is 2. The van der Waals surface area contributed by atoms with Crippen molar-refractivity contribution in [2.75, 3.05) is 12.4 Å². The molecule has 2 rings (SSSR count). The molecule has 0 spiro atoms. The van der Waals surface area contributed by atoms with E-state index in [1.54, 1.807) is 14.0 Å². The third-order valence-corrected chi connectivity index (χ3v) is 2.43. The molecule has 0 bridgehead atoms. The number of nitrogens with one attached hydrogen (secondary N) is 1. The van der Waals surface area contributed by atoms with Crippen LogP contribution in [0.2, 0.25) is 0 Å². The molecule has 0 aliphatic heterocycles. The summed E-state index contributed by atoms with van der Waals surface area (Å²) in [5.41, 5.74) is 7.53. The van der Waals surface area contributed by atoms with Crippen LogP contribution in [0.5, 0.6) is 5.75 Å². The van der Waals surface area contributed by atoms with E-state index in [0.29, 0.717) is 17.7 Å². The van der Waals surface area contributed by atoms with Gasteiger partial charge in [-0.1, -0.05) is 11.2 Å². The quantitative estimate of drug-likeness (QED) is 0.862. The second-order valence-corrected chi connectivity index (χ2v) is 4.06. The van der Waals surface area contributed by atoms with E-state index >= 15 is 0 Å². The summed E-state index contributed by atoms with van der Waals surface area (Å²) in [4.78, 5) is 0. The van der Waals surface area contributed by atoms with Crippen molar-refractivity contribution in [2.45, 2.75) is 19.9 Å². The second kappa shape index (κ2) is 5.05. The highest BCUT2D eigenvalue weighted by Gasteiger charge is 2.11. The molecular weight excluding hydrogens is 232 g/mol. The SMILES string of the molecule is COc1ccc(C)cc1Nc1nnc(C(C)N)o1. The van der Waals surface area contributed by atoms with Crippen LogP contribution in [0, 0.1) is 6.92 Å². The fraction of sp³-hybridized carbons (Fsp3) is 0.333. The van der Waals surface area contributed by atoms with Gasteiger partial charge in [0.1, 0.15) is 5.75 Å². The summed E-state index contributed by atoms with van der Waals surface area (Å²) < 4.78 is 10.6. The topological polar surface area (TPSA) is 86.2 Å². The number of aromatic nitrogens is 2. The first kappa shape index (κ1) is 12.4. The smallest absolute Gasteiger partial charge is 0.320 e. The zero-order valence-corrected chi connectivity index (χ0v) is 10.6. The second-order valence-electron chi connectivity index (χ2n) is 4.06. The Hall–Kier alpha value is -2.08. The van der Waals surface area contributed by atoms with Gasteiger partial charge in [0.15, 0.2) is 0 Å². The van der Waals surface area contributed by atoms with Gasteiger partial charge in [-0.25, -0.2) is 0 Å². The normalized spacial score (nSPS) is 12.2. The minimum Gasteiger partial charge on any atom is -0.495 e. The van der Waals surface area contributed by atoms with Crippen LogP contribution in [0.4, 0.5) is 11.7 Å². The molecule has 0 saturated carbocycles. The Bertz CT molecular complexity index is 537. The van der Waals surface area contributed by atoms with Crippen molar-refractivity contribution >= 4 is 11.7 Å². The number of methoxy groups -OCH3 is 1. The molecule has 0 aliphatic rings. The molecule has 0 saturated heterocycles. The molecule has 1 unspecified atom stereocenters. The molecule has 18 heavy (non-hydrogen) atoms. The van der Waals surface area contributed by atoms with E-state index in [-0.39, 0.29) is 6.04 Å². The molecule has 0 aliphatic carbocycles. The van der Waals surface area contributed by atoms with Gasteiger partial charge in [0, 0.05) is 0 Å². The highest BCUT2D eigenvalue weighted by atomic mass is 16.5. The number of rotatable bonds is 4. The van der Waals surface area contributed by atoms with Crippen LogP contribution in [-0.2, 0) is 0 Å². The highest BCUT2D eigenvalue weighted by molar-refractivity contribution is 5.62. The lowest BCUT2D eigenvalue weighted by molar-refractivity contribution is 0.416. The zero-order valence-electron chi connectivity index (χ0n) is 10.6. The maximum Gasteiger partial charge on any atom is 0.320 e. The van der Waals surface area contributed by atoms with Gasteiger partial charge in [0.25, 0.3) is 0 Å². The molecule has 2 aromatic rings. The van der Waals surface area contributed by atoms with Crippen molar-refractivity contribution in [3.8, 4) is 5.75 Å². The largest absolute Gasteiger partial charge is 0.495 e. The van der Waals surface area contributed by atoms with E-state index in [0.717, 1.165) is 11.3 Å². The third kappa shape index (κ3) is 2.60. The molecule has 0 amide bonds. The first-order chi connectivity index (χ1) is 8.60. The number of hydrogen-bond donors (Lipinski definition) is 2. The van der Waals surface area contributed by atoms with Crippen LogP contribution >= 0.6 is 0 Å². The maximum atomic E-state index is 5.65. The molecule has 1 heterocycles. The Morgan fingerprint density at radius 1 is 1.39 bits per heavy atom. The molecule has 0 fully saturated rings. The van der Waals surface area contributed by atoms with Crippen LogP contribution in [0.25, 0.3) is 0 Å². The first-order valence-corrected chi connectivity index (χ1v) is 5.61. The summed E-state index contributed by atoms with van der Waals surface area (Å²) in [5, 5.41) is 10.7. The van der Waals surface area contributed by atoms with Crippen LogP contribution in [0.15, 0.2) is 22.6 Å². The van der Waals surface area contributed by atoms with E-state index in [1.807, 2.05) is 25.1 Å². The van der Waals surface area contributed by atoms with Crippen molar-refractivity contribution in [2.24, 2.45) is 5.73 Å². The Kier molecular flexibility index (Phi) is 3.47. The van der Waals surface area contributed by atoms with Crippen LogP contribution < -0.4 is 15.8 Å². The monoisotopic (exact) mass is 248 g/mol. The molecule has 96 valence electrons. The number of hydrogen-bond acceptors (Lipinski definition) is 6. The molecule has 0 radical (unpaired) electrons. The zero-order chi connectivity index (χ0) is 13.1. The summed E-state index contributed by atoms with van der Waals surface area (Å²) in [6, 6.07) is 5.79. The van der Waals surface area contributed by atoms with Crippen molar-refractivity contribution in [3.63, 3.8) is 0 Å². The van der Waals surface area contributed by atoms with Crippen molar-refractivity contribution in [1.29, 1.82) is 0 Å². The minimum atomic E-state index is -0.285. The van der Waals surface area contributed by atoms with Gasteiger partial charge in [-0.2, -0.15) is 0 Å². The predicted molar refractivity (Wildman–Crippen MR) is 67.9 cm³/mol. The fourth-order valence-corrected chi connectivity index (χ4v) is 1.50. The lowest BCUT2D eigenvalue weighted by Gasteiger charge is -2.08. The number of nitrogens with zero attached hydrogens (tertiary/aromatic N) is 2. The predicted octanol–water partition coefficient (Wildman–Crippen LogP) is 2.15. The van der Waals surface area contributed by atoms with Gasteiger partial charge >= 0.3 is 6.01 Å². The Morgan fingerprint density at radius 3 is 2.78 bits per heavy atom.